The number of nitrogens with zero attached hydrogens (tertiary/aromatic N) is 1. The number of allylic oxidation sites excluding steroid dienone is 5. The van der Waals surface area contributed by atoms with Crippen molar-refractivity contribution < 1.29 is 0 Å². The molecule has 0 unspecified atom stereocenters. The molecule has 1 aliphatic rings. The average molecular weight is 217 g/mol. The van der Waals surface area contributed by atoms with Gasteiger partial charge < -0.3 is 0 Å². The first-order valence-corrected chi connectivity index (χ1v) is 6.20. The fourth-order valence-electron chi connectivity index (χ4n) is 1.82. The standard InChI is InChI=1S/C15H23N/c1-5-7-8-10-14-13(9-6-2)11-15(3,4)12-16-14/h7-10,12H,5-6,11H2,1-4H3/b8-7-,13-9-,14-10+. The molecular formula is C15H23N. The van der Waals surface area contributed by atoms with E-state index in [2.05, 4.69) is 63.2 Å². The Morgan fingerprint density at radius 3 is 2.69 bits per heavy atom. The zero-order chi connectivity index (χ0) is 12.0. The highest BCUT2D eigenvalue weighted by Crippen LogP contribution is 2.33. The van der Waals surface area contributed by atoms with Gasteiger partial charge in [-0.1, -0.05) is 45.9 Å². The summed E-state index contributed by atoms with van der Waals surface area (Å²) in [4.78, 5) is 4.57. The van der Waals surface area contributed by atoms with Gasteiger partial charge in [0.1, 0.15) is 0 Å². The first-order valence-electron chi connectivity index (χ1n) is 6.20. The fraction of sp³-hybridized carbons (Fsp3) is 0.533. The highest BCUT2D eigenvalue weighted by Gasteiger charge is 2.22. The fourth-order valence-corrected chi connectivity index (χ4v) is 1.82. The van der Waals surface area contributed by atoms with Crippen molar-refractivity contribution in [3.63, 3.8) is 0 Å². The summed E-state index contributed by atoms with van der Waals surface area (Å²) in [7, 11) is 0. The lowest BCUT2D eigenvalue weighted by Crippen LogP contribution is -2.18. The highest BCUT2D eigenvalue weighted by atomic mass is 14.8. The van der Waals surface area contributed by atoms with E-state index in [1.54, 1.807) is 0 Å². The van der Waals surface area contributed by atoms with Crippen LogP contribution in [-0.2, 0) is 0 Å². The van der Waals surface area contributed by atoms with Crippen LogP contribution in [0.2, 0.25) is 0 Å². The Labute approximate surface area is 99.7 Å². The lowest BCUT2D eigenvalue weighted by atomic mass is 9.83. The van der Waals surface area contributed by atoms with Gasteiger partial charge >= 0.3 is 0 Å². The van der Waals surface area contributed by atoms with Crippen molar-refractivity contribution >= 4 is 6.21 Å². The number of rotatable bonds is 3. The third-order valence-electron chi connectivity index (χ3n) is 2.60. The molecule has 1 nitrogen and oxygen atoms in total. The zero-order valence-electron chi connectivity index (χ0n) is 11.0. The van der Waals surface area contributed by atoms with Crippen LogP contribution >= 0.6 is 0 Å². The van der Waals surface area contributed by atoms with Crippen LogP contribution in [0, 0.1) is 5.41 Å². The highest BCUT2D eigenvalue weighted by molar-refractivity contribution is 5.70. The van der Waals surface area contributed by atoms with Gasteiger partial charge in [-0.05, 0) is 30.9 Å². The molecule has 1 aliphatic heterocycles. The maximum Gasteiger partial charge on any atom is 0.0654 e. The summed E-state index contributed by atoms with van der Waals surface area (Å²) in [6.07, 6.45) is 14.0. The number of aliphatic imine (C=N–C) groups is 1. The Morgan fingerprint density at radius 2 is 2.06 bits per heavy atom. The lowest BCUT2D eigenvalue weighted by molar-refractivity contribution is 0.521. The van der Waals surface area contributed by atoms with Crippen molar-refractivity contribution in [1.29, 1.82) is 0 Å². The normalized spacial score (nSPS) is 24.8. The molecule has 0 aromatic heterocycles. The summed E-state index contributed by atoms with van der Waals surface area (Å²) in [6, 6.07) is 0. The Balaban J connectivity index is 2.94. The van der Waals surface area contributed by atoms with Gasteiger partial charge in [-0.15, -0.1) is 0 Å². The second-order valence-corrected chi connectivity index (χ2v) is 4.95. The predicted octanol–water partition coefficient (Wildman–Crippen LogP) is 4.67. The van der Waals surface area contributed by atoms with Crippen LogP contribution < -0.4 is 0 Å². The number of hydrogen-bond donors (Lipinski definition) is 0. The Hall–Kier alpha value is -1.11. The van der Waals surface area contributed by atoms with E-state index in [4.69, 9.17) is 0 Å². The van der Waals surface area contributed by atoms with Gasteiger partial charge in [-0.25, -0.2) is 0 Å². The van der Waals surface area contributed by atoms with E-state index in [1.165, 1.54) is 5.57 Å². The third kappa shape index (κ3) is 3.80. The van der Waals surface area contributed by atoms with E-state index in [9.17, 15) is 0 Å². The second kappa shape index (κ2) is 5.83. The van der Waals surface area contributed by atoms with Crippen LogP contribution in [0.4, 0.5) is 0 Å². The smallest absolute Gasteiger partial charge is 0.0654 e. The molecule has 0 spiro atoms. The molecule has 88 valence electrons. The van der Waals surface area contributed by atoms with Crippen LogP contribution in [0.3, 0.4) is 0 Å². The van der Waals surface area contributed by atoms with Crippen molar-refractivity contribution in [3.05, 3.63) is 35.6 Å². The first kappa shape index (κ1) is 13.0. The molecule has 0 aromatic carbocycles. The molecule has 0 bridgehead atoms. The van der Waals surface area contributed by atoms with Crippen molar-refractivity contribution in [2.75, 3.05) is 0 Å². The lowest BCUT2D eigenvalue weighted by Gasteiger charge is -2.26. The molecule has 1 heterocycles. The van der Waals surface area contributed by atoms with Crippen molar-refractivity contribution in [2.24, 2.45) is 10.4 Å². The second-order valence-electron chi connectivity index (χ2n) is 4.95. The van der Waals surface area contributed by atoms with E-state index >= 15 is 0 Å². The summed E-state index contributed by atoms with van der Waals surface area (Å²) < 4.78 is 0. The minimum Gasteiger partial charge on any atom is -0.260 e. The SMILES string of the molecule is CC\C=C/C=C1/N=CC(C)(C)C/C1=C/CC. The van der Waals surface area contributed by atoms with E-state index in [1.807, 2.05) is 0 Å². The van der Waals surface area contributed by atoms with Gasteiger partial charge in [0, 0.05) is 11.6 Å². The molecule has 0 saturated heterocycles. The monoisotopic (exact) mass is 217 g/mol. The summed E-state index contributed by atoms with van der Waals surface area (Å²) >= 11 is 0. The topological polar surface area (TPSA) is 12.4 Å². The molecular weight excluding hydrogens is 194 g/mol. The average Bonchev–Trinajstić information content (AvgIpc) is 2.21. The molecule has 0 atom stereocenters. The Bertz CT molecular complexity index is 340. The molecule has 0 aromatic rings. The quantitative estimate of drug-likeness (QED) is 0.651. The van der Waals surface area contributed by atoms with Crippen LogP contribution in [0.1, 0.15) is 47.0 Å². The minimum atomic E-state index is 0.201. The molecule has 0 aliphatic carbocycles. The van der Waals surface area contributed by atoms with E-state index in [-0.39, 0.29) is 5.41 Å². The minimum absolute atomic E-state index is 0.201. The summed E-state index contributed by atoms with van der Waals surface area (Å²) in [5.74, 6) is 0. The van der Waals surface area contributed by atoms with Gasteiger partial charge in [0.2, 0.25) is 0 Å². The van der Waals surface area contributed by atoms with Crippen LogP contribution in [0.15, 0.2) is 40.6 Å². The maximum absolute atomic E-state index is 4.57. The van der Waals surface area contributed by atoms with Gasteiger partial charge in [-0.3, -0.25) is 4.99 Å². The van der Waals surface area contributed by atoms with Crippen LogP contribution in [-0.4, -0.2) is 6.21 Å². The molecule has 0 saturated carbocycles. The van der Waals surface area contributed by atoms with Gasteiger partial charge in [0.15, 0.2) is 0 Å². The Kier molecular flexibility index (Phi) is 4.72. The molecule has 0 N–H and O–H groups in total. The predicted molar refractivity (Wildman–Crippen MR) is 72.8 cm³/mol. The van der Waals surface area contributed by atoms with Gasteiger partial charge in [0.05, 0.1) is 5.70 Å². The molecule has 0 fully saturated rings. The van der Waals surface area contributed by atoms with Crippen LogP contribution in [0.25, 0.3) is 0 Å². The number of hydrogen-bond acceptors (Lipinski definition) is 1. The van der Waals surface area contributed by atoms with Crippen LogP contribution in [0.5, 0.6) is 0 Å². The first-order chi connectivity index (χ1) is 7.59. The summed E-state index contributed by atoms with van der Waals surface area (Å²) in [5, 5.41) is 0. The molecule has 16 heavy (non-hydrogen) atoms. The van der Waals surface area contributed by atoms with Gasteiger partial charge in [-0.2, -0.15) is 0 Å². The molecule has 1 heteroatoms. The van der Waals surface area contributed by atoms with E-state index in [0.29, 0.717) is 0 Å². The molecule has 0 amide bonds. The third-order valence-corrected chi connectivity index (χ3v) is 2.60. The zero-order valence-corrected chi connectivity index (χ0v) is 11.0. The molecule has 1 rings (SSSR count). The summed E-state index contributed by atoms with van der Waals surface area (Å²) in [5.41, 5.74) is 2.72. The summed E-state index contributed by atoms with van der Waals surface area (Å²) in [6.45, 7) is 8.79. The maximum atomic E-state index is 4.57. The van der Waals surface area contributed by atoms with Crippen molar-refractivity contribution in [3.8, 4) is 0 Å². The van der Waals surface area contributed by atoms with Gasteiger partial charge in [0.25, 0.3) is 0 Å². The molecule has 0 radical (unpaired) electrons. The Morgan fingerprint density at radius 1 is 1.31 bits per heavy atom. The van der Waals surface area contributed by atoms with Crippen molar-refractivity contribution in [1.82, 2.24) is 0 Å². The van der Waals surface area contributed by atoms with E-state index in [0.717, 1.165) is 25.0 Å². The largest absolute Gasteiger partial charge is 0.260 e. The van der Waals surface area contributed by atoms with Crippen molar-refractivity contribution in [2.45, 2.75) is 47.0 Å². The van der Waals surface area contributed by atoms with E-state index < -0.39 is 0 Å².